The third-order valence-electron chi connectivity index (χ3n) is 6.42. The van der Waals surface area contributed by atoms with Gasteiger partial charge in [-0.05, 0) is 54.8 Å². The highest BCUT2D eigenvalue weighted by Gasteiger charge is 2.19. The zero-order chi connectivity index (χ0) is 26.8. The minimum absolute atomic E-state index is 0.0777. The maximum absolute atomic E-state index is 13.2. The average molecular weight is 512 g/mol. The molecule has 36 heavy (non-hydrogen) atoms. The average Bonchev–Trinajstić information content (AvgIpc) is 3.28. The number of nitrogens with zero attached hydrogens (tertiary/aromatic N) is 1. The van der Waals surface area contributed by atoms with E-state index in [-0.39, 0.29) is 17.5 Å². The largest absolute Gasteiger partial charge is 0.394 e. The van der Waals surface area contributed by atoms with Gasteiger partial charge in [0.25, 0.3) is 0 Å². The Morgan fingerprint density at radius 1 is 1.22 bits per heavy atom. The van der Waals surface area contributed by atoms with Crippen molar-refractivity contribution in [3.05, 3.63) is 89.5 Å². The number of carbonyl (C=O) groups excluding carboxylic acids is 1. The fourth-order valence-electron chi connectivity index (χ4n) is 4.00. The van der Waals surface area contributed by atoms with Gasteiger partial charge in [-0.15, -0.1) is 0 Å². The Labute approximate surface area is 220 Å². The minimum Gasteiger partial charge on any atom is -0.394 e. The summed E-state index contributed by atoms with van der Waals surface area (Å²) in [5.74, 6) is 0.321. The van der Waals surface area contributed by atoms with Gasteiger partial charge < -0.3 is 15.2 Å². The lowest BCUT2D eigenvalue weighted by Crippen LogP contribution is -2.21. The van der Waals surface area contributed by atoms with Gasteiger partial charge in [-0.25, -0.2) is 4.39 Å². The number of hydrogen-bond acceptors (Lipinski definition) is 3. The van der Waals surface area contributed by atoms with Crippen LogP contribution in [0.4, 0.5) is 4.39 Å². The molecule has 1 unspecified atom stereocenters. The van der Waals surface area contributed by atoms with Crippen molar-refractivity contribution >= 4 is 34.0 Å². The van der Waals surface area contributed by atoms with Crippen molar-refractivity contribution in [3.8, 4) is 0 Å². The smallest absolute Gasteiger partial charge is 0.167 e. The van der Waals surface area contributed by atoms with Gasteiger partial charge in [-0.3, -0.25) is 4.79 Å². The summed E-state index contributed by atoms with van der Waals surface area (Å²) >= 11 is 6.58. The van der Waals surface area contributed by atoms with E-state index in [0.717, 1.165) is 53.5 Å². The van der Waals surface area contributed by atoms with Gasteiger partial charge in [-0.2, -0.15) is 0 Å². The number of H-pyrrole nitrogens is 1. The molecule has 6 heteroatoms. The van der Waals surface area contributed by atoms with Gasteiger partial charge in [0.1, 0.15) is 5.82 Å². The molecule has 0 aliphatic heterocycles. The first kappa shape index (κ1) is 29.2. The van der Waals surface area contributed by atoms with Gasteiger partial charge in [0.15, 0.2) is 5.78 Å². The molecule has 0 saturated heterocycles. The summed E-state index contributed by atoms with van der Waals surface area (Å²) in [6.45, 7) is 14.5. The van der Waals surface area contributed by atoms with E-state index in [2.05, 4.69) is 35.3 Å². The number of fused-ring (bicyclic) bond motifs is 1. The van der Waals surface area contributed by atoms with Crippen LogP contribution in [-0.4, -0.2) is 36.3 Å². The van der Waals surface area contributed by atoms with Crippen molar-refractivity contribution < 1.29 is 9.18 Å². The Morgan fingerprint density at radius 3 is 2.42 bits per heavy atom. The number of ketones is 1. The highest BCUT2D eigenvalue weighted by Crippen LogP contribution is 2.32. The van der Waals surface area contributed by atoms with Crippen LogP contribution in [-0.2, 0) is 6.42 Å². The summed E-state index contributed by atoms with van der Waals surface area (Å²) in [4.78, 5) is 17.9. The number of hydrogen-bond donors (Lipinski definition) is 2. The summed E-state index contributed by atoms with van der Waals surface area (Å²) in [6, 6.07) is 10.6. The van der Waals surface area contributed by atoms with Crippen LogP contribution in [0.25, 0.3) is 16.6 Å². The number of carbonyl (C=O) groups is 1. The van der Waals surface area contributed by atoms with E-state index in [0.29, 0.717) is 16.5 Å². The highest BCUT2D eigenvalue weighted by atomic mass is 35.5. The molecule has 0 fully saturated rings. The lowest BCUT2D eigenvalue weighted by atomic mass is 9.93. The third-order valence-corrected chi connectivity index (χ3v) is 6.74. The van der Waals surface area contributed by atoms with Crippen LogP contribution >= 0.6 is 11.6 Å². The molecule has 3 rings (SSSR count). The molecule has 1 aromatic heterocycles. The standard InChI is InChI=1S/C27H32ClFN2O.C3H7N/c1-6-19(13-20-7-9-21(29)10-8-20)11-12-31(5)18(4)22-14-23-24(27(32)17(2)3)16-30-26(23)15-25(22)28;1-3-4-2/h7-10,14-17,19,30H,4,6,11-13H2,1-3,5H3;3-4H,1H2,2H3. The number of aromatic amines is 1. The molecule has 0 aliphatic rings. The Morgan fingerprint density at radius 2 is 1.86 bits per heavy atom. The molecule has 0 amide bonds. The second-order valence-corrected chi connectivity index (χ2v) is 9.76. The predicted octanol–water partition coefficient (Wildman–Crippen LogP) is 7.71. The molecule has 0 saturated carbocycles. The normalized spacial score (nSPS) is 11.6. The van der Waals surface area contributed by atoms with Gasteiger partial charge in [-0.1, -0.05) is 64.1 Å². The lowest BCUT2D eigenvalue weighted by molar-refractivity contribution is 0.0941. The van der Waals surface area contributed by atoms with Crippen LogP contribution in [0, 0.1) is 17.7 Å². The van der Waals surface area contributed by atoms with E-state index in [1.165, 1.54) is 12.1 Å². The molecule has 1 heterocycles. The lowest BCUT2D eigenvalue weighted by Gasteiger charge is -2.25. The summed E-state index contributed by atoms with van der Waals surface area (Å²) in [5.41, 5.74) is 4.36. The Hall–Kier alpha value is -3.05. The molecule has 0 spiro atoms. The number of Topliss-reactive ketones (excluding diaryl/α,β-unsaturated/α-hetero) is 1. The van der Waals surface area contributed by atoms with E-state index >= 15 is 0 Å². The predicted molar refractivity (Wildman–Crippen MR) is 152 cm³/mol. The van der Waals surface area contributed by atoms with Crippen LogP contribution in [0.1, 0.15) is 55.1 Å². The van der Waals surface area contributed by atoms with Crippen molar-refractivity contribution in [2.75, 3.05) is 20.6 Å². The first-order chi connectivity index (χ1) is 17.1. The molecule has 4 nitrogen and oxygen atoms in total. The SMILES string of the molecule is C=C(c1cc2c(C(=O)C(C)C)c[nH]c2cc1Cl)N(C)CCC(CC)Cc1ccc(F)cc1.C=CNC. The first-order valence-electron chi connectivity index (χ1n) is 12.4. The number of aromatic nitrogens is 1. The van der Waals surface area contributed by atoms with E-state index in [9.17, 15) is 9.18 Å². The van der Waals surface area contributed by atoms with Crippen LogP contribution < -0.4 is 5.32 Å². The molecule has 0 bridgehead atoms. The maximum atomic E-state index is 13.2. The topological polar surface area (TPSA) is 48.1 Å². The Balaban J connectivity index is 0.00000106. The fourth-order valence-corrected chi connectivity index (χ4v) is 4.27. The minimum atomic E-state index is -0.202. The molecular weight excluding hydrogens is 473 g/mol. The van der Waals surface area contributed by atoms with Gasteiger partial charge in [0.05, 0.1) is 5.02 Å². The molecule has 0 radical (unpaired) electrons. The van der Waals surface area contributed by atoms with Crippen LogP contribution in [0.5, 0.6) is 0 Å². The molecule has 3 aromatic rings. The van der Waals surface area contributed by atoms with Crippen molar-refractivity contribution in [2.45, 2.75) is 40.0 Å². The fraction of sp³-hybridized carbons (Fsp3) is 0.367. The van der Waals surface area contributed by atoms with Crippen molar-refractivity contribution in [1.82, 2.24) is 15.2 Å². The maximum Gasteiger partial charge on any atom is 0.167 e. The summed E-state index contributed by atoms with van der Waals surface area (Å²) in [7, 11) is 3.83. The van der Waals surface area contributed by atoms with E-state index < -0.39 is 0 Å². The quantitative estimate of drug-likeness (QED) is 0.259. The van der Waals surface area contributed by atoms with Gasteiger partial charge in [0, 0.05) is 60.5 Å². The zero-order valence-corrected chi connectivity index (χ0v) is 22.9. The zero-order valence-electron chi connectivity index (χ0n) is 22.1. The third kappa shape index (κ3) is 7.72. The van der Waals surface area contributed by atoms with Crippen molar-refractivity contribution in [1.29, 1.82) is 0 Å². The number of benzene rings is 2. The molecule has 2 aromatic carbocycles. The molecular formula is C30H39ClFN3O. The number of nitrogens with one attached hydrogen (secondary N) is 2. The van der Waals surface area contributed by atoms with Crippen LogP contribution in [0.3, 0.4) is 0 Å². The van der Waals surface area contributed by atoms with E-state index in [1.807, 2.05) is 52.2 Å². The summed E-state index contributed by atoms with van der Waals surface area (Å²) in [5, 5.41) is 4.18. The summed E-state index contributed by atoms with van der Waals surface area (Å²) in [6.07, 6.45) is 6.35. The molecule has 194 valence electrons. The highest BCUT2D eigenvalue weighted by molar-refractivity contribution is 6.33. The van der Waals surface area contributed by atoms with E-state index in [4.69, 9.17) is 11.6 Å². The molecule has 2 N–H and O–H groups in total. The van der Waals surface area contributed by atoms with Crippen molar-refractivity contribution in [3.63, 3.8) is 0 Å². The Bertz CT molecular complexity index is 1170. The molecule has 1 atom stereocenters. The second kappa shape index (κ2) is 13.9. The second-order valence-electron chi connectivity index (χ2n) is 9.35. The van der Waals surface area contributed by atoms with Gasteiger partial charge >= 0.3 is 0 Å². The summed E-state index contributed by atoms with van der Waals surface area (Å²) < 4.78 is 13.2. The molecule has 0 aliphatic carbocycles. The van der Waals surface area contributed by atoms with Crippen molar-refractivity contribution in [2.24, 2.45) is 11.8 Å². The Kier molecular flexibility index (Phi) is 11.3. The number of halogens is 2. The van der Waals surface area contributed by atoms with E-state index in [1.54, 1.807) is 12.4 Å². The first-order valence-corrected chi connectivity index (χ1v) is 12.8. The monoisotopic (exact) mass is 511 g/mol. The van der Waals surface area contributed by atoms with Crippen LogP contribution in [0.2, 0.25) is 5.02 Å². The van der Waals surface area contributed by atoms with Gasteiger partial charge in [0.2, 0.25) is 0 Å². The van der Waals surface area contributed by atoms with Crippen LogP contribution in [0.15, 0.2) is 62.0 Å². The number of rotatable bonds is 11.